The fraction of sp³-hybridized carbons (Fsp3) is 0.333. The Morgan fingerprint density at radius 1 is 0.481 bits per heavy atom. The summed E-state index contributed by atoms with van der Waals surface area (Å²) >= 11 is 0. The van der Waals surface area contributed by atoms with E-state index in [4.69, 9.17) is 0 Å². The van der Waals surface area contributed by atoms with Crippen LogP contribution in [0.2, 0.25) is 0 Å². The average Bonchev–Trinajstić information content (AvgIpc) is 3.17. The molecule has 0 fully saturated rings. The fourth-order valence-corrected chi connectivity index (χ4v) is 7.08. The Balaban J connectivity index is 1.08. The zero-order valence-electron chi connectivity index (χ0n) is 30.5. The lowest BCUT2D eigenvalue weighted by atomic mass is 9.86. The van der Waals surface area contributed by atoms with Crippen molar-refractivity contribution in [3.05, 3.63) is 106 Å². The zero-order chi connectivity index (χ0) is 36.8. The summed E-state index contributed by atoms with van der Waals surface area (Å²) in [6.07, 6.45) is 4.61. The second-order valence-corrected chi connectivity index (χ2v) is 12.9. The highest BCUT2D eigenvalue weighted by molar-refractivity contribution is 6.33. The summed E-state index contributed by atoms with van der Waals surface area (Å²) in [5.74, 6) is -1.72. The van der Waals surface area contributed by atoms with Gasteiger partial charge in [-0.1, -0.05) is 24.3 Å². The fourth-order valence-electron chi connectivity index (χ4n) is 7.08. The van der Waals surface area contributed by atoms with Crippen LogP contribution >= 0.6 is 0 Å². The summed E-state index contributed by atoms with van der Waals surface area (Å²) in [7, 11) is 0. The number of amides is 4. The van der Waals surface area contributed by atoms with Crippen LogP contribution in [0.1, 0.15) is 93.1 Å². The third-order valence-electron chi connectivity index (χ3n) is 9.92. The Bertz CT molecular complexity index is 1810. The molecule has 0 bridgehead atoms. The van der Waals surface area contributed by atoms with E-state index in [0.717, 1.165) is 37.3 Å². The minimum Gasteiger partial charge on any atom is -0.372 e. The molecule has 0 spiro atoms. The van der Waals surface area contributed by atoms with Gasteiger partial charge in [0, 0.05) is 109 Å². The van der Waals surface area contributed by atoms with Crippen molar-refractivity contribution in [1.82, 2.24) is 9.80 Å². The minimum absolute atomic E-state index is 0.204. The number of nitrogens with zero attached hydrogens (tertiary/aromatic N) is 6. The lowest BCUT2D eigenvalue weighted by Crippen LogP contribution is -2.44. The van der Waals surface area contributed by atoms with Gasteiger partial charge < -0.3 is 9.80 Å². The second kappa shape index (κ2) is 16.1. The standard InChI is InChI=1S/C42H46N6O4/c1-5-45(6-2)31-15-11-29(12-16-31)27-43-23-9-25-47-39(49)33-19-21-35-38-36(22-20-34(37(33)38)40(47)50)42(52)48(41(35)51)26-10-24-44-28-30-13-17-32(18-14-30)46(7-3)8-4/h11-22,27-28H,5-10,23-26H2,1-4H3. The molecule has 2 aliphatic heterocycles. The quantitative estimate of drug-likeness (QED) is 0.0729. The summed E-state index contributed by atoms with van der Waals surface area (Å²) in [6.45, 7) is 13.6. The molecule has 0 radical (unpaired) electrons. The molecule has 2 heterocycles. The predicted octanol–water partition coefficient (Wildman–Crippen LogP) is 6.74. The molecule has 10 heteroatoms. The van der Waals surface area contributed by atoms with E-state index in [-0.39, 0.29) is 13.1 Å². The highest BCUT2D eigenvalue weighted by Gasteiger charge is 2.39. The van der Waals surface area contributed by atoms with E-state index in [1.165, 1.54) is 21.2 Å². The van der Waals surface area contributed by atoms with Crippen LogP contribution in [0.3, 0.4) is 0 Å². The van der Waals surface area contributed by atoms with Gasteiger partial charge in [0.15, 0.2) is 0 Å². The minimum atomic E-state index is -0.431. The number of anilines is 2. The summed E-state index contributed by atoms with van der Waals surface area (Å²) in [5, 5.41) is 0.760. The molecular weight excluding hydrogens is 652 g/mol. The maximum atomic E-state index is 13.6. The van der Waals surface area contributed by atoms with Gasteiger partial charge in [-0.05, 0) is 100 Å². The van der Waals surface area contributed by atoms with E-state index in [0.29, 0.717) is 59.0 Å². The third-order valence-corrected chi connectivity index (χ3v) is 9.92. The van der Waals surface area contributed by atoms with Crippen molar-refractivity contribution in [1.29, 1.82) is 0 Å². The Morgan fingerprint density at radius 3 is 1.08 bits per heavy atom. The number of rotatable bonds is 16. The molecule has 52 heavy (non-hydrogen) atoms. The molecule has 0 atom stereocenters. The average molecular weight is 699 g/mol. The molecule has 0 N–H and O–H groups in total. The number of hydrogen-bond donors (Lipinski definition) is 0. The van der Waals surface area contributed by atoms with Crippen LogP contribution in [-0.4, -0.2) is 98.2 Å². The Labute approximate surface area is 305 Å². The zero-order valence-corrected chi connectivity index (χ0v) is 30.5. The van der Waals surface area contributed by atoms with E-state index >= 15 is 0 Å². The van der Waals surface area contributed by atoms with Crippen molar-refractivity contribution in [2.45, 2.75) is 40.5 Å². The van der Waals surface area contributed by atoms with Gasteiger partial charge in [-0.2, -0.15) is 0 Å². The molecule has 4 aromatic carbocycles. The normalized spacial score (nSPS) is 14.1. The molecule has 268 valence electrons. The number of aliphatic imine (C=N–C) groups is 2. The predicted molar refractivity (Wildman–Crippen MR) is 209 cm³/mol. The number of carbonyl (C=O) groups excluding carboxylic acids is 4. The van der Waals surface area contributed by atoms with Crippen LogP contribution in [0.15, 0.2) is 82.8 Å². The van der Waals surface area contributed by atoms with E-state index in [1.54, 1.807) is 36.7 Å². The first-order chi connectivity index (χ1) is 25.3. The molecule has 0 saturated heterocycles. The van der Waals surface area contributed by atoms with Crippen LogP contribution < -0.4 is 9.80 Å². The van der Waals surface area contributed by atoms with E-state index in [2.05, 4.69) is 71.7 Å². The SMILES string of the molecule is CCN(CC)c1ccc(C=NCCCN2C(=O)c3ccc4c5c(ccc(c35)C2=O)C(=O)N(CCCN=Cc2ccc(N(CC)CC)cc2)C4=O)cc1. The van der Waals surface area contributed by atoms with Gasteiger partial charge in [0.25, 0.3) is 23.6 Å². The van der Waals surface area contributed by atoms with Crippen molar-refractivity contribution < 1.29 is 19.2 Å². The largest absolute Gasteiger partial charge is 0.372 e. The molecule has 2 aliphatic rings. The highest BCUT2D eigenvalue weighted by Crippen LogP contribution is 2.38. The van der Waals surface area contributed by atoms with Crippen molar-refractivity contribution >= 4 is 58.2 Å². The molecule has 0 aliphatic carbocycles. The van der Waals surface area contributed by atoms with E-state index < -0.39 is 23.6 Å². The van der Waals surface area contributed by atoms with Gasteiger partial charge in [-0.15, -0.1) is 0 Å². The van der Waals surface area contributed by atoms with Crippen molar-refractivity contribution in [3.8, 4) is 0 Å². The van der Waals surface area contributed by atoms with Crippen LogP contribution in [0.5, 0.6) is 0 Å². The maximum Gasteiger partial charge on any atom is 0.261 e. The summed E-state index contributed by atoms with van der Waals surface area (Å²) in [4.78, 5) is 70.6. The maximum absolute atomic E-state index is 13.6. The van der Waals surface area contributed by atoms with Gasteiger partial charge in [0.2, 0.25) is 0 Å². The topological polar surface area (TPSA) is 106 Å². The molecule has 0 saturated carbocycles. The molecule has 10 nitrogen and oxygen atoms in total. The van der Waals surface area contributed by atoms with Crippen molar-refractivity contribution in [2.24, 2.45) is 9.98 Å². The first kappa shape index (κ1) is 36.2. The lowest BCUT2D eigenvalue weighted by Gasteiger charge is -2.31. The molecular formula is C42H46N6O4. The van der Waals surface area contributed by atoms with Gasteiger partial charge in [0.1, 0.15) is 0 Å². The summed E-state index contributed by atoms with van der Waals surface area (Å²) in [5.41, 5.74) is 5.58. The Kier molecular flexibility index (Phi) is 11.2. The molecule has 4 aromatic rings. The first-order valence-electron chi connectivity index (χ1n) is 18.3. The molecule has 4 amide bonds. The van der Waals surface area contributed by atoms with Gasteiger partial charge in [0.05, 0.1) is 0 Å². The van der Waals surface area contributed by atoms with Crippen molar-refractivity contribution in [3.63, 3.8) is 0 Å². The third kappa shape index (κ3) is 7.10. The van der Waals surface area contributed by atoms with E-state index in [1.807, 2.05) is 24.3 Å². The van der Waals surface area contributed by atoms with Crippen LogP contribution in [0.4, 0.5) is 11.4 Å². The smallest absolute Gasteiger partial charge is 0.261 e. The molecule has 0 unspecified atom stereocenters. The number of carbonyl (C=O) groups is 4. The molecule has 0 aromatic heterocycles. The number of benzene rings is 4. The van der Waals surface area contributed by atoms with Gasteiger partial charge >= 0.3 is 0 Å². The lowest BCUT2D eigenvalue weighted by molar-refractivity contribution is 0.0588. The van der Waals surface area contributed by atoms with E-state index in [9.17, 15) is 19.2 Å². The van der Waals surface area contributed by atoms with Gasteiger partial charge in [-0.3, -0.25) is 39.0 Å². The van der Waals surface area contributed by atoms with Crippen LogP contribution in [0, 0.1) is 0 Å². The first-order valence-corrected chi connectivity index (χ1v) is 18.3. The second-order valence-electron chi connectivity index (χ2n) is 12.9. The summed E-state index contributed by atoms with van der Waals surface area (Å²) in [6, 6.07) is 22.9. The number of imide groups is 2. The van der Waals surface area contributed by atoms with Crippen LogP contribution in [-0.2, 0) is 0 Å². The molecule has 6 rings (SSSR count). The monoisotopic (exact) mass is 698 g/mol. The Hall–Kier alpha value is -5.64. The van der Waals surface area contributed by atoms with Crippen molar-refractivity contribution in [2.75, 3.05) is 62.2 Å². The van der Waals surface area contributed by atoms with Crippen LogP contribution in [0.25, 0.3) is 10.8 Å². The Morgan fingerprint density at radius 2 is 0.788 bits per heavy atom. The number of hydrogen-bond acceptors (Lipinski definition) is 8. The van der Waals surface area contributed by atoms with Gasteiger partial charge in [-0.25, -0.2) is 0 Å². The summed E-state index contributed by atoms with van der Waals surface area (Å²) < 4.78 is 0. The highest BCUT2D eigenvalue weighted by atomic mass is 16.2.